The lowest BCUT2D eigenvalue weighted by Gasteiger charge is -2.21. The number of carbonyl (C=O) groups excluding carboxylic acids is 1. The molecule has 146 valence electrons. The Balaban J connectivity index is 2.33. The number of halogens is 2. The zero-order valence-corrected chi connectivity index (χ0v) is 17.7. The maximum Gasteiger partial charge on any atom is 0.264 e. The molecule has 1 amide bonds. The highest BCUT2D eigenvalue weighted by molar-refractivity contribution is 7.92. The zero-order valence-electron chi connectivity index (χ0n) is 15.4. The fraction of sp³-hybridized carbons (Fsp3) is 0.316. The van der Waals surface area contributed by atoms with Gasteiger partial charge in [0, 0.05) is 18.1 Å². The SMILES string of the molecule is CCCC(C)NC(=O)c1cc(N(C)S(=O)(=O)c2ccc(Cl)cc2)ccc1Cl. The van der Waals surface area contributed by atoms with Crippen LogP contribution in [0.1, 0.15) is 37.0 Å². The molecule has 2 aromatic carbocycles. The van der Waals surface area contributed by atoms with Crippen LogP contribution in [-0.2, 0) is 10.0 Å². The second-order valence-electron chi connectivity index (χ2n) is 6.25. The van der Waals surface area contributed by atoms with Crippen LogP contribution in [0.3, 0.4) is 0 Å². The first kappa shape index (κ1) is 21.5. The number of nitrogens with zero attached hydrogens (tertiary/aromatic N) is 1. The van der Waals surface area contributed by atoms with Crippen molar-refractivity contribution in [1.82, 2.24) is 5.32 Å². The molecule has 0 fully saturated rings. The minimum absolute atomic E-state index is 0.00208. The predicted molar refractivity (Wildman–Crippen MR) is 110 cm³/mol. The third-order valence-corrected chi connectivity index (χ3v) is 6.51. The molecule has 0 heterocycles. The number of carbonyl (C=O) groups is 1. The third-order valence-electron chi connectivity index (χ3n) is 4.13. The van der Waals surface area contributed by atoms with Gasteiger partial charge in [-0.2, -0.15) is 0 Å². The first-order valence-electron chi connectivity index (χ1n) is 8.51. The molecule has 1 unspecified atom stereocenters. The molecule has 0 bridgehead atoms. The molecule has 0 spiro atoms. The minimum Gasteiger partial charge on any atom is -0.350 e. The fourth-order valence-electron chi connectivity index (χ4n) is 2.59. The van der Waals surface area contributed by atoms with Gasteiger partial charge in [-0.25, -0.2) is 8.42 Å². The predicted octanol–water partition coefficient (Wildman–Crippen LogP) is 4.74. The number of sulfonamides is 1. The molecule has 1 N–H and O–H groups in total. The third kappa shape index (κ3) is 5.15. The summed E-state index contributed by atoms with van der Waals surface area (Å²) in [5.41, 5.74) is 0.568. The van der Waals surface area contributed by atoms with E-state index < -0.39 is 10.0 Å². The molecule has 0 aliphatic heterocycles. The molecular formula is C19H22Cl2N2O3S. The van der Waals surface area contributed by atoms with Gasteiger partial charge in [-0.1, -0.05) is 36.5 Å². The van der Waals surface area contributed by atoms with E-state index in [9.17, 15) is 13.2 Å². The van der Waals surface area contributed by atoms with E-state index in [1.807, 2.05) is 13.8 Å². The summed E-state index contributed by atoms with van der Waals surface area (Å²) in [7, 11) is -2.37. The smallest absolute Gasteiger partial charge is 0.264 e. The van der Waals surface area contributed by atoms with Crippen molar-refractivity contribution in [2.45, 2.75) is 37.6 Å². The summed E-state index contributed by atoms with van der Waals surface area (Å²) in [6.07, 6.45) is 1.78. The van der Waals surface area contributed by atoms with Gasteiger partial charge in [0.15, 0.2) is 0 Å². The molecule has 0 radical (unpaired) electrons. The second-order valence-corrected chi connectivity index (χ2v) is 9.07. The number of hydrogen-bond donors (Lipinski definition) is 1. The number of anilines is 1. The summed E-state index contributed by atoms with van der Waals surface area (Å²) in [5.74, 6) is -0.333. The van der Waals surface area contributed by atoms with Crippen molar-refractivity contribution in [3.8, 4) is 0 Å². The lowest BCUT2D eigenvalue weighted by atomic mass is 10.1. The molecule has 27 heavy (non-hydrogen) atoms. The van der Waals surface area contributed by atoms with E-state index in [1.165, 1.54) is 43.4 Å². The maximum absolute atomic E-state index is 12.8. The van der Waals surface area contributed by atoms with E-state index >= 15 is 0 Å². The molecule has 0 aliphatic rings. The normalized spacial score (nSPS) is 12.5. The van der Waals surface area contributed by atoms with Crippen LogP contribution in [0, 0.1) is 0 Å². The Kier molecular flexibility index (Phi) is 7.14. The van der Waals surface area contributed by atoms with Crippen molar-refractivity contribution in [3.63, 3.8) is 0 Å². The summed E-state index contributed by atoms with van der Waals surface area (Å²) in [5, 5.41) is 3.58. The highest BCUT2D eigenvalue weighted by Gasteiger charge is 2.23. The van der Waals surface area contributed by atoms with Crippen LogP contribution in [0.15, 0.2) is 47.4 Å². The number of amides is 1. The van der Waals surface area contributed by atoms with Gasteiger partial charge in [-0.05, 0) is 55.8 Å². The molecule has 0 saturated heterocycles. The Labute approximate surface area is 170 Å². The molecule has 2 aromatic rings. The molecule has 0 aromatic heterocycles. The Hall–Kier alpha value is -1.76. The van der Waals surface area contributed by atoms with Crippen LogP contribution in [0.2, 0.25) is 10.0 Å². The van der Waals surface area contributed by atoms with E-state index in [0.717, 1.165) is 17.1 Å². The quantitative estimate of drug-likeness (QED) is 0.692. The van der Waals surface area contributed by atoms with Gasteiger partial charge in [-0.3, -0.25) is 9.10 Å². The van der Waals surface area contributed by atoms with Crippen molar-refractivity contribution < 1.29 is 13.2 Å². The van der Waals surface area contributed by atoms with Gasteiger partial charge in [0.25, 0.3) is 15.9 Å². The second kappa shape index (κ2) is 8.95. The number of rotatable bonds is 7. The monoisotopic (exact) mass is 428 g/mol. The topological polar surface area (TPSA) is 66.5 Å². The Bertz CT molecular complexity index is 915. The van der Waals surface area contributed by atoms with E-state index in [-0.39, 0.29) is 27.4 Å². The van der Waals surface area contributed by atoms with Crippen LogP contribution >= 0.6 is 23.2 Å². The summed E-state index contributed by atoms with van der Waals surface area (Å²) in [6, 6.07) is 10.4. The average molecular weight is 429 g/mol. The zero-order chi connectivity index (χ0) is 20.2. The molecule has 2 rings (SSSR count). The number of hydrogen-bond acceptors (Lipinski definition) is 3. The fourth-order valence-corrected chi connectivity index (χ4v) is 4.11. The first-order valence-corrected chi connectivity index (χ1v) is 10.7. The molecule has 0 aliphatic carbocycles. The van der Waals surface area contributed by atoms with Crippen LogP contribution in [0.5, 0.6) is 0 Å². The average Bonchev–Trinajstić information content (AvgIpc) is 2.62. The van der Waals surface area contributed by atoms with Gasteiger partial charge in [0.2, 0.25) is 0 Å². The summed E-state index contributed by atoms with van der Waals surface area (Å²) >= 11 is 12.0. The summed E-state index contributed by atoms with van der Waals surface area (Å²) in [4.78, 5) is 12.6. The van der Waals surface area contributed by atoms with E-state index in [0.29, 0.717) is 10.7 Å². The van der Waals surface area contributed by atoms with Crippen molar-refractivity contribution >= 4 is 44.8 Å². The highest BCUT2D eigenvalue weighted by Crippen LogP contribution is 2.27. The van der Waals surface area contributed by atoms with Crippen molar-refractivity contribution in [1.29, 1.82) is 0 Å². The standard InChI is InChI=1S/C19H22Cl2N2O3S/c1-4-5-13(2)22-19(24)17-12-15(8-11-18(17)21)23(3)27(25,26)16-9-6-14(20)7-10-16/h6-13H,4-5H2,1-3H3,(H,22,24). The van der Waals surface area contributed by atoms with Gasteiger partial charge in [0.1, 0.15) is 0 Å². The molecule has 1 atom stereocenters. The van der Waals surface area contributed by atoms with E-state index in [4.69, 9.17) is 23.2 Å². The van der Waals surface area contributed by atoms with Crippen LogP contribution < -0.4 is 9.62 Å². The van der Waals surface area contributed by atoms with Crippen molar-refractivity contribution in [2.24, 2.45) is 0 Å². The van der Waals surface area contributed by atoms with Crippen molar-refractivity contribution in [3.05, 3.63) is 58.1 Å². The molecule has 8 heteroatoms. The molecule has 5 nitrogen and oxygen atoms in total. The van der Waals surface area contributed by atoms with Crippen molar-refractivity contribution in [2.75, 3.05) is 11.4 Å². The summed E-state index contributed by atoms with van der Waals surface area (Å²) in [6.45, 7) is 3.95. The van der Waals surface area contributed by atoms with Gasteiger partial charge in [0.05, 0.1) is 21.2 Å². The molecular weight excluding hydrogens is 407 g/mol. The van der Waals surface area contributed by atoms with Gasteiger partial charge in [-0.15, -0.1) is 0 Å². The lowest BCUT2D eigenvalue weighted by molar-refractivity contribution is 0.0938. The van der Waals surface area contributed by atoms with Gasteiger partial charge >= 0.3 is 0 Å². The number of benzene rings is 2. The van der Waals surface area contributed by atoms with E-state index in [2.05, 4.69) is 5.32 Å². The van der Waals surface area contributed by atoms with Gasteiger partial charge < -0.3 is 5.32 Å². The number of nitrogens with one attached hydrogen (secondary N) is 1. The Morgan fingerprint density at radius 3 is 2.37 bits per heavy atom. The van der Waals surface area contributed by atoms with E-state index in [1.54, 1.807) is 6.07 Å². The largest absolute Gasteiger partial charge is 0.350 e. The lowest BCUT2D eigenvalue weighted by Crippen LogP contribution is -2.33. The summed E-state index contributed by atoms with van der Waals surface area (Å²) < 4.78 is 26.8. The van der Waals surface area contributed by atoms with Crippen LogP contribution in [0.4, 0.5) is 5.69 Å². The first-order chi connectivity index (χ1) is 12.7. The van der Waals surface area contributed by atoms with Crippen LogP contribution in [0.25, 0.3) is 0 Å². The Morgan fingerprint density at radius 2 is 1.78 bits per heavy atom. The maximum atomic E-state index is 12.8. The highest BCUT2D eigenvalue weighted by atomic mass is 35.5. The minimum atomic E-state index is -3.80. The Morgan fingerprint density at radius 1 is 1.15 bits per heavy atom. The molecule has 0 saturated carbocycles. The van der Waals surface area contributed by atoms with Crippen LogP contribution in [-0.4, -0.2) is 27.4 Å².